The molecule has 0 atom stereocenters. The third-order valence-electron chi connectivity index (χ3n) is 2.17. The van der Waals surface area contributed by atoms with Gasteiger partial charge in [0, 0.05) is 12.7 Å². The summed E-state index contributed by atoms with van der Waals surface area (Å²) in [5.74, 6) is -1.21. The first-order valence-electron chi connectivity index (χ1n) is 4.78. The number of rotatable bonds is 3. The second-order valence-corrected chi connectivity index (χ2v) is 3.25. The molecule has 1 aromatic rings. The number of nitrogens with zero attached hydrogens (tertiary/aromatic N) is 2. The van der Waals surface area contributed by atoms with Crippen molar-refractivity contribution in [3.05, 3.63) is 29.6 Å². The number of hydrogen-bond donors (Lipinski definition) is 2. The van der Waals surface area contributed by atoms with E-state index < -0.39 is 11.7 Å². The van der Waals surface area contributed by atoms with Crippen LogP contribution in [0.25, 0.3) is 0 Å². The molecular formula is C10H10N4O2. The Balaban J connectivity index is 2.45. The van der Waals surface area contributed by atoms with Crippen molar-refractivity contribution in [3.63, 3.8) is 0 Å². The number of nitrogens with two attached hydrogens (primary N) is 1. The molecule has 1 aliphatic heterocycles. The van der Waals surface area contributed by atoms with E-state index in [1.54, 1.807) is 6.07 Å². The van der Waals surface area contributed by atoms with Gasteiger partial charge in [-0.15, -0.1) is 0 Å². The Morgan fingerprint density at radius 2 is 2.25 bits per heavy atom. The Hall–Kier alpha value is -2.24. The molecule has 0 radical (unpaired) electrons. The lowest BCUT2D eigenvalue weighted by Gasteiger charge is -2.05. The van der Waals surface area contributed by atoms with Crippen molar-refractivity contribution in [1.82, 2.24) is 10.3 Å². The Bertz CT molecular complexity index is 460. The molecule has 1 aromatic heterocycles. The molecular weight excluding hydrogens is 208 g/mol. The fourth-order valence-corrected chi connectivity index (χ4v) is 1.47. The van der Waals surface area contributed by atoms with Crippen molar-refractivity contribution < 1.29 is 9.59 Å². The van der Waals surface area contributed by atoms with E-state index in [0.29, 0.717) is 24.6 Å². The van der Waals surface area contributed by atoms with Gasteiger partial charge in [0.15, 0.2) is 0 Å². The summed E-state index contributed by atoms with van der Waals surface area (Å²) in [5, 5.41) is 2.99. The summed E-state index contributed by atoms with van der Waals surface area (Å²) in [4.78, 5) is 30.6. The molecule has 6 heteroatoms. The number of ketones is 1. The van der Waals surface area contributed by atoms with Gasteiger partial charge < -0.3 is 11.1 Å². The SMILES string of the molecule is NC(=O)C(=O)c1cccnc1C1=NCCN1. The van der Waals surface area contributed by atoms with Crippen molar-refractivity contribution in [2.45, 2.75) is 0 Å². The maximum Gasteiger partial charge on any atom is 0.289 e. The van der Waals surface area contributed by atoms with Gasteiger partial charge in [-0.2, -0.15) is 0 Å². The van der Waals surface area contributed by atoms with Gasteiger partial charge in [-0.25, -0.2) is 0 Å². The molecule has 2 heterocycles. The molecule has 0 saturated carbocycles. The molecule has 82 valence electrons. The van der Waals surface area contributed by atoms with E-state index in [0.717, 1.165) is 0 Å². The lowest BCUT2D eigenvalue weighted by molar-refractivity contribution is -0.114. The maximum absolute atomic E-state index is 11.5. The summed E-state index contributed by atoms with van der Waals surface area (Å²) >= 11 is 0. The molecule has 0 saturated heterocycles. The van der Waals surface area contributed by atoms with Crippen molar-refractivity contribution in [2.75, 3.05) is 13.1 Å². The van der Waals surface area contributed by atoms with Gasteiger partial charge in [0.2, 0.25) is 0 Å². The number of hydrogen-bond acceptors (Lipinski definition) is 5. The van der Waals surface area contributed by atoms with Crippen LogP contribution in [-0.2, 0) is 4.79 Å². The number of carbonyl (C=O) groups is 2. The molecule has 0 aromatic carbocycles. The van der Waals surface area contributed by atoms with Crippen molar-refractivity contribution in [3.8, 4) is 0 Å². The Morgan fingerprint density at radius 1 is 1.44 bits per heavy atom. The van der Waals surface area contributed by atoms with Gasteiger partial charge in [-0.1, -0.05) is 0 Å². The zero-order valence-corrected chi connectivity index (χ0v) is 8.43. The minimum Gasteiger partial charge on any atom is -0.367 e. The van der Waals surface area contributed by atoms with Crippen LogP contribution >= 0.6 is 0 Å². The van der Waals surface area contributed by atoms with Crippen molar-refractivity contribution in [2.24, 2.45) is 10.7 Å². The molecule has 3 N–H and O–H groups in total. The largest absolute Gasteiger partial charge is 0.367 e. The second-order valence-electron chi connectivity index (χ2n) is 3.25. The van der Waals surface area contributed by atoms with Crippen LogP contribution in [0.5, 0.6) is 0 Å². The van der Waals surface area contributed by atoms with E-state index >= 15 is 0 Å². The minimum atomic E-state index is -0.993. The van der Waals surface area contributed by atoms with Gasteiger partial charge in [-0.3, -0.25) is 19.6 Å². The standard InChI is InChI=1S/C10H10N4O2/c11-9(16)8(15)6-2-1-3-12-7(6)10-13-4-5-14-10/h1-3H,4-5H2,(H2,11,16)(H,13,14). The fourth-order valence-electron chi connectivity index (χ4n) is 1.47. The summed E-state index contributed by atoms with van der Waals surface area (Å²) in [6, 6.07) is 3.09. The number of primary amides is 1. The van der Waals surface area contributed by atoms with Crippen LogP contribution in [0.1, 0.15) is 16.1 Å². The monoisotopic (exact) mass is 218 g/mol. The Morgan fingerprint density at radius 3 is 2.88 bits per heavy atom. The van der Waals surface area contributed by atoms with Gasteiger partial charge in [0.1, 0.15) is 11.5 Å². The smallest absolute Gasteiger partial charge is 0.289 e. The molecule has 2 rings (SSSR count). The van der Waals surface area contributed by atoms with E-state index in [4.69, 9.17) is 5.73 Å². The number of aromatic nitrogens is 1. The molecule has 16 heavy (non-hydrogen) atoms. The van der Waals surface area contributed by atoms with E-state index in [2.05, 4.69) is 15.3 Å². The fraction of sp³-hybridized carbons (Fsp3) is 0.200. The predicted molar refractivity (Wildman–Crippen MR) is 57.2 cm³/mol. The summed E-state index contributed by atoms with van der Waals surface area (Å²) in [6.07, 6.45) is 1.54. The maximum atomic E-state index is 11.5. The van der Waals surface area contributed by atoms with Gasteiger partial charge in [0.25, 0.3) is 11.7 Å². The predicted octanol–water partition coefficient (Wildman–Crippen LogP) is -0.901. The van der Waals surface area contributed by atoms with Crippen LogP contribution in [0.4, 0.5) is 0 Å². The number of carbonyl (C=O) groups excluding carboxylic acids is 2. The third kappa shape index (κ3) is 1.77. The molecule has 0 fully saturated rings. The summed E-state index contributed by atoms with van der Waals surface area (Å²) in [7, 11) is 0. The van der Waals surface area contributed by atoms with Crippen LogP contribution in [0.3, 0.4) is 0 Å². The summed E-state index contributed by atoms with van der Waals surface area (Å²) in [6.45, 7) is 1.34. The minimum absolute atomic E-state index is 0.183. The highest BCUT2D eigenvalue weighted by molar-refractivity contribution is 6.43. The highest BCUT2D eigenvalue weighted by atomic mass is 16.2. The molecule has 0 bridgehead atoms. The number of aliphatic imine (C=N–C) groups is 1. The number of nitrogens with one attached hydrogen (secondary N) is 1. The van der Waals surface area contributed by atoms with Crippen LogP contribution in [0.15, 0.2) is 23.3 Å². The molecule has 0 spiro atoms. The van der Waals surface area contributed by atoms with E-state index in [1.807, 2.05) is 0 Å². The molecule has 0 unspecified atom stereocenters. The van der Waals surface area contributed by atoms with Crippen LogP contribution in [0, 0.1) is 0 Å². The molecule has 0 aliphatic carbocycles. The highest BCUT2D eigenvalue weighted by Crippen LogP contribution is 2.08. The average Bonchev–Trinajstić information content (AvgIpc) is 2.81. The Kier molecular flexibility index (Phi) is 2.63. The zero-order chi connectivity index (χ0) is 11.5. The topological polar surface area (TPSA) is 97.4 Å². The van der Waals surface area contributed by atoms with E-state index in [9.17, 15) is 9.59 Å². The van der Waals surface area contributed by atoms with Gasteiger partial charge in [0.05, 0.1) is 12.1 Å². The summed E-state index contributed by atoms with van der Waals surface area (Å²) in [5.41, 5.74) is 5.52. The number of pyridine rings is 1. The van der Waals surface area contributed by atoms with Crippen molar-refractivity contribution in [1.29, 1.82) is 0 Å². The zero-order valence-electron chi connectivity index (χ0n) is 8.43. The molecule has 1 aliphatic rings. The number of amides is 1. The van der Waals surface area contributed by atoms with Crippen LogP contribution in [0.2, 0.25) is 0 Å². The first-order chi connectivity index (χ1) is 7.70. The average molecular weight is 218 g/mol. The molecule has 6 nitrogen and oxygen atoms in total. The van der Waals surface area contributed by atoms with E-state index in [1.165, 1.54) is 12.3 Å². The number of Topliss-reactive ketones (excluding diaryl/α,β-unsaturated/α-hetero) is 1. The van der Waals surface area contributed by atoms with Gasteiger partial charge in [-0.05, 0) is 12.1 Å². The van der Waals surface area contributed by atoms with Crippen LogP contribution in [-0.4, -0.2) is 35.6 Å². The number of amidine groups is 1. The van der Waals surface area contributed by atoms with Gasteiger partial charge >= 0.3 is 0 Å². The normalized spacial score (nSPS) is 14.1. The summed E-state index contributed by atoms with van der Waals surface area (Å²) < 4.78 is 0. The first kappa shape index (κ1) is 10.3. The third-order valence-corrected chi connectivity index (χ3v) is 2.17. The van der Waals surface area contributed by atoms with Crippen LogP contribution < -0.4 is 11.1 Å². The first-order valence-corrected chi connectivity index (χ1v) is 4.78. The lowest BCUT2D eigenvalue weighted by atomic mass is 10.1. The molecule has 1 amide bonds. The Labute approximate surface area is 91.6 Å². The lowest BCUT2D eigenvalue weighted by Crippen LogP contribution is -2.28. The second kappa shape index (κ2) is 4.09. The highest BCUT2D eigenvalue weighted by Gasteiger charge is 2.21. The quantitative estimate of drug-likeness (QED) is 0.507. The van der Waals surface area contributed by atoms with Crippen molar-refractivity contribution >= 4 is 17.5 Å². The van der Waals surface area contributed by atoms with E-state index in [-0.39, 0.29) is 5.56 Å².